The molecule has 7 nitrogen and oxygen atoms in total. The van der Waals surface area contributed by atoms with Crippen molar-refractivity contribution < 1.29 is 4.79 Å². The van der Waals surface area contributed by atoms with Gasteiger partial charge in [-0.05, 0) is 61.9 Å². The van der Waals surface area contributed by atoms with E-state index >= 15 is 0 Å². The third-order valence-corrected chi connectivity index (χ3v) is 5.60. The molecule has 30 heavy (non-hydrogen) atoms. The van der Waals surface area contributed by atoms with Gasteiger partial charge in [0.2, 0.25) is 11.9 Å². The maximum atomic E-state index is 12.6. The number of nitrogens with one attached hydrogen (secondary N) is 2. The molecule has 0 saturated heterocycles. The molecule has 1 fully saturated rings. The first-order valence-electron chi connectivity index (χ1n) is 10.3. The van der Waals surface area contributed by atoms with Crippen LogP contribution in [-0.2, 0) is 4.79 Å². The molecule has 0 radical (unpaired) electrons. The molecule has 0 atom stereocenters. The molecular formula is C23H26N6O. The Morgan fingerprint density at radius 3 is 2.63 bits per heavy atom. The Morgan fingerprint density at radius 1 is 1.03 bits per heavy atom. The lowest BCUT2D eigenvalue weighted by atomic mass is 9.81. The summed E-state index contributed by atoms with van der Waals surface area (Å²) in [7, 11) is 0. The van der Waals surface area contributed by atoms with Crippen molar-refractivity contribution in [3.05, 3.63) is 61.1 Å². The summed E-state index contributed by atoms with van der Waals surface area (Å²) in [5.74, 6) is 1.22. The lowest BCUT2D eigenvalue weighted by molar-refractivity contribution is -0.121. The number of para-hydroxylation sites is 2. The van der Waals surface area contributed by atoms with Crippen molar-refractivity contribution in [1.29, 1.82) is 0 Å². The minimum Gasteiger partial charge on any atom is -0.397 e. The van der Waals surface area contributed by atoms with E-state index < -0.39 is 0 Å². The molecule has 4 N–H and O–H groups in total. The van der Waals surface area contributed by atoms with Crippen molar-refractivity contribution >= 4 is 23.2 Å². The standard InChI is InChI=1S/C23H26N6O/c24-19-5-1-2-6-21(19)28-22(30)17-9-7-16(8-10-17)14-27-23-26-13-11-20(29-23)18-4-3-12-25-15-18/h1-6,11-13,15-17H,7-10,14,24H2,(H,28,30)(H,26,27,29). The molecule has 0 aliphatic heterocycles. The SMILES string of the molecule is Nc1ccccc1NC(=O)C1CCC(CNc2nccc(-c3cccnc3)n2)CC1. The highest BCUT2D eigenvalue weighted by atomic mass is 16.1. The molecule has 1 amide bonds. The normalized spacial score (nSPS) is 18.5. The quantitative estimate of drug-likeness (QED) is 0.539. The average molecular weight is 403 g/mol. The number of nitrogens with zero attached hydrogens (tertiary/aromatic N) is 3. The Labute approximate surface area is 176 Å². The van der Waals surface area contributed by atoms with Gasteiger partial charge >= 0.3 is 0 Å². The molecule has 154 valence electrons. The Hall–Kier alpha value is -3.48. The van der Waals surface area contributed by atoms with Crippen molar-refractivity contribution in [3.63, 3.8) is 0 Å². The lowest BCUT2D eigenvalue weighted by Gasteiger charge is -2.28. The summed E-state index contributed by atoms with van der Waals surface area (Å²) < 4.78 is 0. The summed E-state index contributed by atoms with van der Waals surface area (Å²) in [6.07, 6.45) is 9.04. The summed E-state index contributed by atoms with van der Waals surface area (Å²) in [6, 6.07) is 13.1. The fraction of sp³-hybridized carbons (Fsp3) is 0.304. The number of carbonyl (C=O) groups is 1. The molecule has 0 spiro atoms. The van der Waals surface area contributed by atoms with Gasteiger partial charge in [0, 0.05) is 36.6 Å². The molecule has 0 unspecified atom stereocenters. The van der Waals surface area contributed by atoms with Gasteiger partial charge in [-0.15, -0.1) is 0 Å². The number of hydrogen-bond donors (Lipinski definition) is 3. The van der Waals surface area contributed by atoms with E-state index in [4.69, 9.17) is 5.73 Å². The van der Waals surface area contributed by atoms with Crippen molar-refractivity contribution in [1.82, 2.24) is 15.0 Å². The van der Waals surface area contributed by atoms with Crippen molar-refractivity contribution in [3.8, 4) is 11.3 Å². The molecule has 1 saturated carbocycles. The first-order chi connectivity index (χ1) is 14.7. The third kappa shape index (κ3) is 4.92. The second-order valence-electron chi connectivity index (χ2n) is 7.68. The van der Waals surface area contributed by atoms with Crippen LogP contribution in [0.5, 0.6) is 0 Å². The van der Waals surface area contributed by atoms with Crippen LogP contribution < -0.4 is 16.4 Å². The van der Waals surface area contributed by atoms with E-state index in [2.05, 4.69) is 25.6 Å². The van der Waals surface area contributed by atoms with Crippen LogP contribution in [0, 0.1) is 11.8 Å². The van der Waals surface area contributed by atoms with E-state index in [9.17, 15) is 4.79 Å². The van der Waals surface area contributed by atoms with Crippen LogP contribution in [0.4, 0.5) is 17.3 Å². The van der Waals surface area contributed by atoms with Crippen LogP contribution in [-0.4, -0.2) is 27.4 Å². The molecule has 1 aliphatic carbocycles. The number of pyridine rings is 1. The van der Waals surface area contributed by atoms with E-state index in [0.717, 1.165) is 43.5 Å². The number of benzene rings is 1. The van der Waals surface area contributed by atoms with E-state index in [0.29, 0.717) is 23.2 Å². The monoisotopic (exact) mass is 402 g/mol. The van der Waals surface area contributed by atoms with Crippen LogP contribution >= 0.6 is 0 Å². The fourth-order valence-electron chi connectivity index (χ4n) is 3.83. The molecule has 1 aromatic carbocycles. The van der Waals surface area contributed by atoms with Crippen molar-refractivity contribution in [2.75, 3.05) is 22.9 Å². The van der Waals surface area contributed by atoms with E-state index in [1.165, 1.54) is 0 Å². The Morgan fingerprint density at radius 2 is 1.87 bits per heavy atom. The molecule has 2 heterocycles. The second kappa shape index (κ2) is 9.35. The van der Waals surface area contributed by atoms with Gasteiger partial charge in [-0.1, -0.05) is 12.1 Å². The first-order valence-corrected chi connectivity index (χ1v) is 10.3. The molecular weight excluding hydrogens is 376 g/mol. The zero-order valence-corrected chi connectivity index (χ0v) is 16.8. The zero-order valence-electron chi connectivity index (χ0n) is 16.8. The van der Waals surface area contributed by atoms with E-state index in [1.807, 2.05) is 36.4 Å². The number of rotatable bonds is 6. The Bertz CT molecular complexity index is 986. The predicted octanol–water partition coefficient (Wildman–Crippen LogP) is 3.98. The van der Waals surface area contributed by atoms with Crippen molar-refractivity contribution in [2.45, 2.75) is 25.7 Å². The third-order valence-electron chi connectivity index (χ3n) is 5.60. The van der Waals surface area contributed by atoms with Gasteiger partial charge in [0.1, 0.15) is 0 Å². The largest absolute Gasteiger partial charge is 0.397 e. The van der Waals surface area contributed by atoms with E-state index in [-0.39, 0.29) is 11.8 Å². The van der Waals surface area contributed by atoms with Crippen LogP contribution in [0.1, 0.15) is 25.7 Å². The summed E-state index contributed by atoms with van der Waals surface area (Å²) in [5, 5.41) is 6.33. The van der Waals surface area contributed by atoms with Crippen LogP contribution in [0.15, 0.2) is 61.1 Å². The highest BCUT2D eigenvalue weighted by molar-refractivity contribution is 5.95. The number of hydrogen-bond acceptors (Lipinski definition) is 6. The summed E-state index contributed by atoms with van der Waals surface area (Å²) in [4.78, 5) is 25.6. The second-order valence-corrected chi connectivity index (χ2v) is 7.68. The van der Waals surface area contributed by atoms with Gasteiger partial charge in [-0.2, -0.15) is 0 Å². The molecule has 7 heteroatoms. The number of aromatic nitrogens is 3. The highest BCUT2D eigenvalue weighted by Gasteiger charge is 2.26. The maximum Gasteiger partial charge on any atom is 0.227 e. The number of anilines is 3. The molecule has 0 bridgehead atoms. The smallest absolute Gasteiger partial charge is 0.227 e. The maximum absolute atomic E-state index is 12.6. The average Bonchev–Trinajstić information content (AvgIpc) is 2.80. The highest BCUT2D eigenvalue weighted by Crippen LogP contribution is 2.30. The molecule has 4 rings (SSSR count). The number of nitrogens with two attached hydrogens (primary N) is 1. The van der Waals surface area contributed by atoms with Gasteiger partial charge in [-0.25, -0.2) is 9.97 Å². The van der Waals surface area contributed by atoms with Crippen molar-refractivity contribution in [2.24, 2.45) is 11.8 Å². The number of amides is 1. The molecule has 1 aliphatic rings. The zero-order chi connectivity index (χ0) is 20.8. The van der Waals surface area contributed by atoms with Gasteiger partial charge in [0.25, 0.3) is 0 Å². The fourth-order valence-corrected chi connectivity index (χ4v) is 3.83. The summed E-state index contributed by atoms with van der Waals surface area (Å²) >= 11 is 0. The minimum absolute atomic E-state index is 0.0333. The number of nitrogen functional groups attached to an aromatic ring is 1. The molecule has 2 aromatic heterocycles. The summed E-state index contributed by atoms with van der Waals surface area (Å²) in [5.41, 5.74) is 9.03. The van der Waals surface area contributed by atoms with Gasteiger partial charge in [-0.3, -0.25) is 9.78 Å². The topological polar surface area (TPSA) is 106 Å². The van der Waals surface area contributed by atoms with Crippen LogP contribution in [0.2, 0.25) is 0 Å². The summed E-state index contributed by atoms with van der Waals surface area (Å²) in [6.45, 7) is 0.802. The molecule has 3 aromatic rings. The first kappa shape index (κ1) is 19.8. The predicted molar refractivity (Wildman–Crippen MR) is 119 cm³/mol. The van der Waals surface area contributed by atoms with Gasteiger partial charge in [0.05, 0.1) is 17.1 Å². The Kier molecular flexibility index (Phi) is 6.17. The van der Waals surface area contributed by atoms with Crippen LogP contribution in [0.25, 0.3) is 11.3 Å². The van der Waals surface area contributed by atoms with E-state index in [1.54, 1.807) is 24.7 Å². The van der Waals surface area contributed by atoms with Crippen LogP contribution in [0.3, 0.4) is 0 Å². The Balaban J connectivity index is 1.26. The van der Waals surface area contributed by atoms with Gasteiger partial charge < -0.3 is 16.4 Å². The van der Waals surface area contributed by atoms with Gasteiger partial charge in [0.15, 0.2) is 0 Å². The minimum atomic E-state index is 0.0333. The lowest BCUT2D eigenvalue weighted by Crippen LogP contribution is -2.29. The number of carbonyl (C=O) groups excluding carboxylic acids is 1.